The van der Waals surface area contributed by atoms with Crippen molar-refractivity contribution in [2.24, 2.45) is 5.73 Å². The van der Waals surface area contributed by atoms with Gasteiger partial charge in [0.15, 0.2) is 0 Å². The molecular weight excluding hydrogens is 346 g/mol. The summed E-state index contributed by atoms with van der Waals surface area (Å²) in [6.45, 7) is 0. The molecule has 3 rings (SSSR count). The fraction of sp³-hybridized carbons (Fsp3) is 0.250. The largest absolute Gasteiger partial charge is 0.497 e. The lowest BCUT2D eigenvalue weighted by Gasteiger charge is -2.11. The molecule has 1 aliphatic rings. The molecule has 0 saturated heterocycles. The number of fused-ring (bicyclic) bond motifs is 1. The number of carbonyl (C=O) groups is 2. The van der Waals surface area contributed by atoms with Crippen LogP contribution in [0.5, 0.6) is 5.75 Å². The van der Waals surface area contributed by atoms with Crippen LogP contribution < -0.4 is 21.1 Å². The number of methoxy groups -OCH3 is 1. The predicted molar refractivity (Wildman–Crippen MR) is 98.3 cm³/mol. The molecule has 0 saturated carbocycles. The molecular formula is C16H17N3O3S2. The number of carbonyl (C=O) groups excluding carboxylic acids is 2. The van der Waals surface area contributed by atoms with Gasteiger partial charge >= 0.3 is 6.03 Å². The molecule has 0 fully saturated rings. The topological polar surface area (TPSA) is 93.4 Å². The average Bonchev–Trinajstić information content (AvgIpc) is 2.92. The van der Waals surface area contributed by atoms with Crippen LogP contribution >= 0.6 is 23.1 Å². The Balaban J connectivity index is 1.79. The van der Waals surface area contributed by atoms with Crippen LogP contribution in [-0.2, 0) is 12.2 Å². The lowest BCUT2D eigenvalue weighted by atomic mass is 10.1. The standard InChI is InChI=1S/C16H17N3O3S2/c1-22-10-4-2-3-9(7-10)18-16(21)19-15-13(14(17)20)11-5-6-23-8-12(11)24-15/h2-4,7H,5-6,8H2,1H3,(H2,17,20)(H2,18,19,21). The number of benzene rings is 1. The number of nitrogens with one attached hydrogen (secondary N) is 2. The highest BCUT2D eigenvalue weighted by Crippen LogP contribution is 2.39. The number of ether oxygens (including phenoxy) is 1. The van der Waals surface area contributed by atoms with Gasteiger partial charge in [0.1, 0.15) is 10.8 Å². The second-order valence-corrected chi connectivity index (χ2v) is 7.40. The first-order valence-corrected chi connectivity index (χ1v) is 9.29. The van der Waals surface area contributed by atoms with Crippen LogP contribution in [0.4, 0.5) is 15.5 Å². The number of primary amides is 1. The number of hydrogen-bond donors (Lipinski definition) is 3. The molecule has 2 aromatic rings. The van der Waals surface area contributed by atoms with Crippen molar-refractivity contribution in [2.75, 3.05) is 23.5 Å². The molecule has 0 spiro atoms. The van der Waals surface area contributed by atoms with E-state index in [1.165, 1.54) is 11.3 Å². The molecule has 8 heteroatoms. The third kappa shape index (κ3) is 3.49. The Labute approximate surface area is 147 Å². The molecule has 126 valence electrons. The Hall–Kier alpha value is -2.19. The number of thioether (sulfide) groups is 1. The molecule has 1 aromatic heterocycles. The number of nitrogens with two attached hydrogens (primary N) is 1. The molecule has 24 heavy (non-hydrogen) atoms. The Kier molecular flexibility index (Phi) is 4.96. The molecule has 1 aliphatic heterocycles. The summed E-state index contributed by atoms with van der Waals surface area (Å²) in [5.74, 6) is 1.95. The van der Waals surface area contributed by atoms with E-state index in [-0.39, 0.29) is 0 Å². The van der Waals surface area contributed by atoms with Crippen LogP contribution in [0.1, 0.15) is 20.8 Å². The Morgan fingerprint density at radius 2 is 2.12 bits per heavy atom. The minimum Gasteiger partial charge on any atom is -0.497 e. The van der Waals surface area contributed by atoms with Crippen molar-refractivity contribution in [3.63, 3.8) is 0 Å². The van der Waals surface area contributed by atoms with Gasteiger partial charge in [-0.3, -0.25) is 10.1 Å². The molecule has 0 radical (unpaired) electrons. The molecule has 3 amide bonds. The number of thiophene rings is 1. The second kappa shape index (κ2) is 7.14. The fourth-order valence-electron chi connectivity index (χ4n) is 2.55. The van der Waals surface area contributed by atoms with Crippen LogP contribution in [0.15, 0.2) is 24.3 Å². The van der Waals surface area contributed by atoms with Crippen LogP contribution in [0.2, 0.25) is 0 Å². The molecule has 0 aliphatic carbocycles. The van der Waals surface area contributed by atoms with Gasteiger partial charge in [0.2, 0.25) is 0 Å². The first-order valence-electron chi connectivity index (χ1n) is 7.32. The molecule has 0 unspecified atom stereocenters. The third-order valence-corrected chi connectivity index (χ3v) is 5.94. The summed E-state index contributed by atoms with van der Waals surface area (Å²) in [4.78, 5) is 25.2. The third-order valence-electron chi connectivity index (χ3n) is 3.62. The number of rotatable bonds is 4. The maximum absolute atomic E-state index is 12.3. The van der Waals surface area contributed by atoms with E-state index in [0.29, 0.717) is 22.0 Å². The first-order chi connectivity index (χ1) is 11.6. The van der Waals surface area contributed by atoms with E-state index < -0.39 is 11.9 Å². The van der Waals surface area contributed by atoms with E-state index in [9.17, 15) is 9.59 Å². The summed E-state index contributed by atoms with van der Waals surface area (Å²) in [5.41, 5.74) is 7.54. The van der Waals surface area contributed by atoms with E-state index in [4.69, 9.17) is 10.5 Å². The zero-order chi connectivity index (χ0) is 17.1. The van der Waals surface area contributed by atoms with E-state index in [1.54, 1.807) is 31.4 Å². The van der Waals surface area contributed by atoms with E-state index in [1.807, 2.05) is 11.8 Å². The van der Waals surface area contributed by atoms with Crippen molar-refractivity contribution < 1.29 is 14.3 Å². The van der Waals surface area contributed by atoms with Crippen LogP contribution in [0.3, 0.4) is 0 Å². The molecule has 0 bridgehead atoms. The van der Waals surface area contributed by atoms with Gasteiger partial charge < -0.3 is 15.8 Å². The SMILES string of the molecule is COc1cccc(NC(=O)Nc2sc3c(c2C(N)=O)CCSC3)c1. The molecule has 6 nitrogen and oxygen atoms in total. The quantitative estimate of drug-likeness (QED) is 0.777. The highest BCUT2D eigenvalue weighted by Gasteiger charge is 2.25. The van der Waals surface area contributed by atoms with Gasteiger partial charge in [-0.1, -0.05) is 6.07 Å². The summed E-state index contributed by atoms with van der Waals surface area (Å²) >= 11 is 3.23. The summed E-state index contributed by atoms with van der Waals surface area (Å²) in [6, 6.07) is 6.62. The molecule has 0 atom stereocenters. The highest BCUT2D eigenvalue weighted by atomic mass is 32.2. The summed E-state index contributed by atoms with van der Waals surface area (Å²) in [7, 11) is 1.56. The zero-order valence-electron chi connectivity index (χ0n) is 13.0. The van der Waals surface area contributed by atoms with E-state index in [2.05, 4.69) is 10.6 Å². The van der Waals surface area contributed by atoms with Crippen LogP contribution in [-0.4, -0.2) is 24.8 Å². The van der Waals surface area contributed by atoms with E-state index >= 15 is 0 Å². The Morgan fingerprint density at radius 3 is 2.88 bits per heavy atom. The maximum atomic E-state index is 12.3. The minimum atomic E-state index is -0.504. The van der Waals surface area contributed by atoms with Crippen molar-refractivity contribution in [3.05, 3.63) is 40.3 Å². The predicted octanol–water partition coefficient (Wildman–Crippen LogP) is 3.29. The lowest BCUT2D eigenvalue weighted by Crippen LogP contribution is -2.22. The smallest absolute Gasteiger partial charge is 0.324 e. The van der Waals surface area contributed by atoms with Gasteiger partial charge in [0.05, 0.1) is 12.7 Å². The normalized spacial score (nSPS) is 13.0. The van der Waals surface area contributed by atoms with Crippen LogP contribution in [0.25, 0.3) is 0 Å². The summed E-state index contributed by atoms with van der Waals surface area (Å²) in [5, 5.41) is 5.99. The van der Waals surface area contributed by atoms with E-state index in [0.717, 1.165) is 28.4 Å². The van der Waals surface area contributed by atoms with Gasteiger partial charge in [-0.05, 0) is 29.9 Å². The first kappa shape index (κ1) is 16.7. The number of urea groups is 1. The van der Waals surface area contributed by atoms with Gasteiger partial charge in [-0.15, -0.1) is 11.3 Å². The number of amides is 3. The van der Waals surface area contributed by atoms with Crippen LogP contribution in [0, 0.1) is 0 Å². The fourth-order valence-corrected chi connectivity index (χ4v) is 4.93. The van der Waals surface area contributed by atoms with Gasteiger partial charge in [-0.25, -0.2) is 4.79 Å². The van der Waals surface area contributed by atoms with Crippen molar-refractivity contribution in [3.8, 4) is 5.75 Å². The number of anilines is 2. The minimum absolute atomic E-state index is 0.419. The number of hydrogen-bond acceptors (Lipinski definition) is 5. The molecule has 1 aromatic carbocycles. The Bertz CT molecular complexity index is 789. The monoisotopic (exact) mass is 363 g/mol. The van der Waals surface area contributed by atoms with Gasteiger partial charge in [0, 0.05) is 22.4 Å². The molecule has 4 N–H and O–H groups in total. The van der Waals surface area contributed by atoms with Gasteiger partial charge in [0.25, 0.3) is 5.91 Å². The maximum Gasteiger partial charge on any atom is 0.324 e. The van der Waals surface area contributed by atoms with Crippen molar-refractivity contribution in [1.82, 2.24) is 0 Å². The van der Waals surface area contributed by atoms with Gasteiger partial charge in [-0.2, -0.15) is 11.8 Å². The van der Waals surface area contributed by atoms with Crippen molar-refractivity contribution in [1.29, 1.82) is 0 Å². The Morgan fingerprint density at radius 1 is 1.29 bits per heavy atom. The lowest BCUT2D eigenvalue weighted by molar-refractivity contribution is 0.100. The highest BCUT2D eigenvalue weighted by molar-refractivity contribution is 7.98. The summed E-state index contributed by atoms with van der Waals surface area (Å²) < 4.78 is 5.13. The summed E-state index contributed by atoms with van der Waals surface area (Å²) in [6.07, 6.45) is 0.800. The molecule has 2 heterocycles. The zero-order valence-corrected chi connectivity index (χ0v) is 14.7. The second-order valence-electron chi connectivity index (χ2n) is 5.19. The average molecular weight is 363 g/mol. The van der Waals surface area contributed by atoms with Crippen molar-refractivity contribution in [2.45, 2.75) is 12.2 Å². The van der Waals surface area contributed by atoms with Crippen molar-refractivity contribution >= 4 is 45.7 Å².